The lowest BCUT2D eigenvalue weighted by atomic mass is 10.1. The van der Waals surface area contributed by atoms with Crippen LogP contribution < -0.4 is 5.73 Å². The van der Waals surface area contributed by atoms with E-state index in [1.165, 1.54) is 10.9 Å². The van der Waals surface area contributed by atoms with Crippen LogP contribution >= 0.6 is 15.9 Å². The quantitative estimate of drug-likeness (QED) is 0.902. The van der Waals surface area contributed by atoms with Crippen LogP contribution in [0.1, 0.15) is 5.69 Å². The summed E-state index contributed by atoms with van der Waals surface area (Å²) in [5.74, 6) is 0. The Hall–Kier alpha value is -0.840. The summed E-state index contributed by atoms with van der Waals surface area (Å²) in [4.78, 5) is 0. The molecule has 0 spiro atoms. The molecule has 2 rings (SSSR count). The Morgan fingerprint density at radius 1 is 1.44 bits per heavy atom. The molecule has 0 saturated heterocycles. The van der Waals surface area contributed by atoms with Crippen molar-refractivity contribution in [2.24, 2.45) is 12.8 Å². The molecule has 2 aromatic rings. The van der Waals surface area contributed by atoms with Gasteiger partial charge in [0.2, 0.25) is 0 Å². The third kappa shape index (κ3) is 1.88. The number of aryl methyl sites for hydroxylation is 1. The molecule has 4 heteroatoms. The molecule has 1 aromatic heterocycles. The number of nitrogens with two attached hydrogens (primary N) is 1. The molecule has 3 N–H and O–H groups in total. The number of para-hydroxylation sites is 1. The van der Waals surface area contributed by atoms with Crippen molar-refractivity contribution >= 4 is 26.8 Å². The number of rotatable bonds is 3. The normalized spacial score (nSPS) is 13.2. The third-order valence-electron chi connectivity index (χ3n) is 2.85. The molecule has 0 radical (unpaired) electrons. The van der Waals surface area contributed by atoms with Crippen LogP contribution in [0.4, 0.5) is 0 Å². The first-order valence-corrected chi connectivity index (χ1v) is 6.02. The van der Waals surface area contributed by atoms with E-state index in [0.29, 0.717) is 6.42 Å². The Labute approximate surface area is 103 Å². The average Bonchev–Trinajstić information content (AvgIpc) is 2.55. The van der Waals surface area contributed by atoms with Gasteiger partial charge in [-0.2, -0.15) is 0 Å². The van der Waals surface area contributed by atoms with Crippen LogP contribution in [0.15, 0.2) is 28.7 Å². The van der Waals surface area contributed by atoms with Crippen LogP contribution in [0.25, 0.3) is 10.9 Å². The Balaban J connectivity index is 2.53. The van der Waals surface area contributed by atoms with Gasteiger partial charge in [-0.05, 0) is 22.0 Å². The molecule has 16 heavy (non-hydrogen) atoms. The molecule has 3 nitrogen and oxygen atoms in total. The van der Waals surface area contributed by atoms with Crippen LogP contribution in [-0.2, 0) is 13.5 Å². The molecule has 1 atom stereocenters. The highest BCUT2D eigenvalue weighted by Crippen LogP contribution is 2.30. The fraction of sp³-hybridized carbons (Fsp3) is 0.333. The summed E-state index contributed by atoms with van der Waals surface area (Å²) in [6.07, 6.45) is 0.669. The molecular weight excluding hydrogens is 268 g/mol. The molecule has 1 heterocycles. The van der Waals surface area contributed by atoms with Crippen molar-refractivity contribution in [1.82, 2.24) is 4.57 Å². The molecule has 0 aliphatic heterocycles. The zero-order valence-electron chi connectivity index (χ0n) is 9.15. The largest absolute Gasteiger partial charge is 0.395 e. The standard InChI is InChI=1S/C12H15BrN2O/c1-15-10-5-3-2-4-9(10)12(13)11(15)6-8(14)7-16/h2-5,8,16H,6-7,14H2,1H3. The van der Waals surface area contributed by atoms with Gasteiger partial charge in [-0.25, -0.2) is 0 Å². The maximum atomic E-state index is 9.00. The molecule has 1 unspecified atom stereocenters. The highest BCUT2D eigenvalue weighted by Gasteiger charge is 2.14. The van der Waals surface area contributed by atoms with Crippen LogP contribution in [-0.4, -0.2) is 22.3 Å². The van der Waals surface area contributed by atoms with Crippen LogP contribution in [0.3, 0.4) is 0 Å². The first-order valence-electron chi connectivity index (χ1n) is 5.23. The molecule has 0 aliphatic rings. The van der Waals surface area contributed by atoms with Gasteiger partial charge in [-0.15, -0.1) is 0 Å². The predicted molar refractivity (Wildman–Crippen MR) is 69.4 cm³/mol. The zero-order valence-corrected chi connectivity index (χ0v) is 10.7. The van der Waals surface area contributed by atoms with Gasteiger partial charge in [0, 0.05) is 40.6 Å². The second-order valence-electron chi connectivity index (χ2n) is 3.98. The summed E-state index contributed by atoms with van der Waals surface area (Å²) in [5, 5.41) is 10.2. The van der Waals surface area contributed by atoms with E-state index in [-0.39, 0.29) is 12.6 Å². The Morgan fingerprint density at radius 2 is 2.12 bits per heavy atom. The van der Waals surface area contributed by atoms with Crippen molar-refractivity contribution in [3.63, 3.8) is 0 Å². The molecular formula is C12H15BrN2O. The number of aromatic nitrogens is 1. The van der Waals surface area contributed by atoms with Gasteiger partial charge in [-0.3, -0.25) is 0 Å². The van der Waals surface area contributed by atoms with E-state index in [4.69, 9.17) is 10.8 Å². The lowest BCUT2D eigenvalue weighted by molar-refractivity contribution is 0.264. The molecule has 0 fully saturated rings. The Kier molecular flexibility index (Phi) is 3.33. The molecule has 86 valence electrons. The summed E-state index contributed by atoms with van der Waals surface area (Å²) in [6.45, 7) is 0.00790. The van der Waals surface area contributed by atoms with E-state index in [2.05, 4.69) is 32.6 Å². The van der Waals surface area contributed by atoms with Gasteiger partial charge in [0.1, 0.15) is 0 Å². The molecule has 1 aromatic carbocycles. The maximum absolute atomic E-state index is 9.00. The van der Waals surface area contributed by atoms with E-state index in [9.17, 15) is 0 Å². The van der Waals surface area contributed by atoms with Crippen molar-refractivity contribution in [2.45, 2.75) is 12.5 Å². The Bertz CT molecular complexity index is 468. The lowest BCUT2D eigenvalue weighted by Gasteiger charge is -2.09. The van der Waals surface area contributed by atoms with E-state index >= 15 is 0 Å². The highest BCUT2D eigenvalue weighted by molar-refractivity contribution is 9.10. The number of hydrogen-bond acceptors (Lipinski definition) is 2. The molecule has 0 bridgehead atoms. The van der Waals surface area contributed by atoms with Crippen molar-refractivity contribution in [3.8, 4) is 0 Å². The SMILES string of the molecule is Cn1c(CC(N)CO)c(Br)c2ccccc21. The minimum Gasteiger partial charge on any atom is -0.395 e. The van der Waals surface area contributed by atoms with Gasteiger partial charge >= 0.3 is 0 Å². The predicted octanol–water partition coefficient (Wildman–Crippen LogP) is 1.80. The fourth-order valence-corrected chi connectivity index (χ4v) is 2.70. The second-order valence-corrected chi connectivity index (χ2v) is 4.78. The van der Waals surface area contributed by atoms with E-state index in [1.807, 2.05) is 19.2 Å². The summed E-state index contributed by atoms with van der Waals surface area (Å²) < 4.78 is 3.20. The van der Waals surface area contributed by atoms with E-state index in [0.717, 1.165) is 10.2 Å². The number of halogens is 1. The smallest absolute Gasteiger partial charge is 0.0586 e. The lowest BCUT2D eigenvalue weighted by Crippen LogP contribution is -2.27. The summed E-state index contributed by atoms with van der Waals surface area (Å²) >= 11 is 3.60. The van der Waals surface area contributed by atoms with Gasteiger partial charge in [-0.1, -0.05) is 18.2 Å². The summed E-state index contributed by atoms with van der Waals surface area (Å²) in [5.41, 5.74) is 8.08. The number of hydrogen-bond donors (Lipinski definition) is 2. The van der Waals surface area contributed by atoms with Gasteiger partial charge < -0.3 is 15.4 Å². The van der Waals surface area contributed by atoms with Crippen molar-refractivity contribution in [2.75, 3.05) is 6.61 Å². The van der Waals surface area contributed by atoms with Crippen molar-refractivity contribution < 1.29 is 5.11 Å². The first-order chi connectivity index (χ1) is 7.65. The minimum atomic E-state index is -0.209. The number of aliphatic hydroxyl groups excluding tert-OH is 1. The van der Waals surface area contributed by atoms with Gasteiger partial charge in [0.05, 0.1) is 6.61 Å². The summed E-state index contributed by atoms with van der Waals surface area (Å²) in [7, 11) is 2.02. The second kappa shape index (κ2) is 4.57. The van der Waals surface area contributed by atoms with Gasteiger partial charge in [0.25, 0.3) is 0 Å². The maximum Gasteiger partial charge on any atom is 0.0586 e. The zero-order chi connectivity index (χ0) is 11.7. The van der Waals surface area contributed by atoms with Crippen LogP contribution in [0.5, 0.6) is 0 Å². The van der Waals surface area contributed by atoms with Crippen molar-refractivity contribution in [3.05, 3.63) is 34.4 Å². The topological polar surface area (TPSA) is 51.2 Å². The van der Waals surface area contributed by atoms with Gasteiger partial charge in [0.15, 0.2) is 0 Å². The van der Waals surface area contributed by atoms with Crippen LogP contribution in [0.2, 0.25) is 0 Å². The first kappa shape index (κ1) is 11.6. The summed E-state index contributed by atoms with van der Waals surface area (Å²) in [6, 6.07) is 7.98. The number of nitrogens with zero attached hydrogens (tertiary/aromatic N) is 1. The van der Waals surface area contributed by atoms with Crippen molar-refractivity contribution in [1.29, 1.82) is 0 Å². The number of aliphatic hydroxyl groups is 1. The molecule has 0 amide bonds. The van der Waals surface area contributed by atoms with Crippen LogP contribution in [0, 0.1) is 0 Å². The minimum absolute atomic E-state index is 0.00790. The molecule has 0 saturated carbocycles. The third-order valence-corrected chi connectivity index (χ3v) is 3.74. The fourth-order valence-electron chi connectivity index (χ4n) is 1.94. The average molecular weight is 283 g/mol. The number of benzene rings is 1. The monoisotopic (exact) mass is 282 g/mol. The molecule has 0 aliphatic carbocycles. The number of fused-ring (bicyclic) bond motifs is 1. The van der Waals surface area contributed by atoms with E-state index in [1.54, 1.807) is 0 Å². The Morgan fingerprint density at radius 3 is 2.75 bits per heavy atom. The van der Waals surface area contributed by atoms with E-state index < -0.39 is 0 Å². The highest BCUT2D eigenvalue weighted by atomic mass is 79.9.